The van der Waals surface area contributed by atoms with Crippen molar-refractivity contribution >= 4 is 41.3 Å². The van der Waals surface area contributed by atoms with Crippen molar-refractivity contribution in [3.05, 3.63) is 83.5 Å². The highest BCUT2D eigenvalue weighted by Crippen LogP contribution is 2.38. The number of rotatable bonds is 10. The second-order valence-electron chi connectivity index (χ2n) is 24.9. The van der Waals surface area contributed by atoms with Gasteiger partial charge >= 0.3 is 12.1 Å². The molecule has 23 heteroatoms. The molecule has 23 nitrogen and oxygen atoms in total. The Morgan fingerprint density at radius 3 is 2.10 bits per heavy atom. The van der Waals surface area contributed by atoms with E-state index in [0.717, 1.165) is 11.1 Å². The summed E-state index contributed by atoms with van der Waals surface area (Å²) in [5, 5.41) is 49.3. The maximum atomic E-state index is 14.7. The number of amides is 1. The second-order valence-corrected chi connectivity index (χ2v) is 24.9. The number of aliphatic hydroxyl groups is 4. The number of piperazine rings is 1. The summed E-state index contributed by atoms with van der Waals surface area (Å²) in [6.45, 7) is 15.4. The van der Waals surface area contributed by atoms with Gasteiger partial charge in [0.2, 0.25) is 23.5 Å². The number of alkyl carbamates (subject to hydrolysis) is 1. The number of ether oxygens (including phenoxy) is 5. The highest BCUT2D eigenvalue weighted by molar-refractivity contribution is 5.90. The smallest absolute Gasteiger partial charge is 0.407 e. The molecule has 7 N–H and O–H groups in total. The van der Waals surface area contributed by atoms with Crippen LogP contribution in [0.25, 0.3) is 0 Å². The fraction of sp³-hybridized carbons (Fsp3) is 0.672. The number of aryl methyl sites for hydroxylation is 1. The Morgan fingerprint density at radius 1 is 0.782 bits per heavy atom. The minimum Gasteiger partial charge on any atom is -0.459 e. The summed E-state index contributed by atoms with van der Waals surface area (Å²) < 4.78 is 30.2. The first-order valence-corrected chi connectivity index (χ1v) is 31.1. The number of cyclic esters (lactones) is 1. The van der Waals surface area contributed by atoms with Gasteiger partial charge in [0.05, 0.1) is 18.3 Å². The molecule has 1 saturated carbocycles. The van der Waals surface area contributed by atoms with E-state index < -0.39 is 114 Å². The topological polar surface area (TPSA) is 312 Å². The molecule has 4 aliphatic heterocycles. The lowest BCUT2D eigenvalue weighted by atomic mass is 9.80. The standard InChI is InChI=1S/C64H95N9O14/c1-38-15-11-10-12-16-40(3)52(83-8)31-47-20-18-44(7)64(82,87-47)58(78)59(79)73-22-14-13-17-49(73)60(80)85-53(32-50(74)41(4)28-43(6)56(76)57(77)55(75)42(5)27-38)48(65)29-45-19-21-51(54(30-45)84-9)86-63(81)70-37-46-35-68-62(69-36-46)72-25-23-71(24-26-72)61-66-33-39(2)34-67-61/h10-12,15-16,28,33-36,38,41-42,44-45,47-49,51-54,56-57,59,76-77,79,82H,13-14,17-27,29-32,37,65H2,1-9H3,(H,70,81)/b12-10?,15-11+,40-16?,43-28+/t38-,41-,42-,44-,45+,47+,48-,49+,51-,52+,53+,54-,56-,57+,59?,64-/m1/s1. The summed E-state index contributed by atoms with van der Waals surface area (Å²) in [6, 6.07) is -2.10. The van der Waals surface area contributed by atoms with Gasteiger partial charge in [-0.15, -0.1) is 0 Å². The molecule has 1 aliphatic carbocycles. The zero-order valence-electron chi connectivity index (χ0n) is 52.2. The third-order valence-corrected chi connectivity index (χ3v) is 18.1. The number of allylic oxidation sites excluding steroid dienone is 6. The summed E-state index contributed by atoms with van der Waals surface area (Å²) in [7, 11) is 3.10. The number of carbonyl (C=O) groups is 5. The number of aromatic nitrogens is 4. The van der Waals surface area contributed by atoms with Crippen molar-refractivity contribution in [1.29, 1.82) is 0 Å². The van der Waals surface area contributed by atoms with Gasteiger partial charge in [0.1, 0.15) is 36.2 Å². The van der Waals surface area contributed by atoms with E-state index in [1.165, 1.54) is 25.0 Å². The van der Waals surface area contributed by atoms with Gasteiger partial charge in [0.15, 0.2) is 12.0 Å². The molecule has 7 rings (SSSR count). The molecule has 0 spiro atoms. The lowest BCUT2D eigenvalue weighted by Gasteiger charge is -2.45. The lowest BCUT2D eigenvalue weighted by Crippen LogP contribution is -2.62. The normalized spacial score (nSPS) is 34.2. The SMILES string of the molecule is CO[C@H]1C[C@@H]2CC[C@@H](C)[C@@](O)(O2)C(=O)C(O)N2CCCC[C@H]2C(=O)O[C@H]([C@H](N)C[C@@H]2CC[C@@H](OC(=O)NCc3cnc(N4CCN(c5ncc(C)cn5)CC4)nc3)[C@H](OC)C2)CC(=O)[C@H](C)/C=C(\C)[C@@H](O)[C@@H](O)C(=O)[C@H](C)C[C@H](C)/C=C/C=CC=C1C. The number of fused-ring (bicyclic) bond motifs is 3. The summed E-state index contributed by atoms with van der Waals surface area (Å²) >= 11 is 0. The Balaban J connectivity index is 1.03. The average Bonchev–Trinajstić information content (AvgIpc) is 1.05. The first-order valence-electron chi connectivity index (χ1n) is 31.1. The Morgan fingerprint density at radius 2 is 1.45 bits per heavy atom. The molecule has 1 unspecified atom stereocenters. The molecule has 87 heavy (non-hydrogen) atoms. The Bertz CT molecular complexity index is 2740. The highest BCUT2D eigenvalue weighted by atomic mass is 16.6. The van der Waals surface area contributed by atoms with Gasteiger partial charge in [0.25, 0.3) is 0 Å². The van der Waals surface area contributed by atoms with E-state index in [4.69, 9.17) is 29.4 Å². The number of methoxy groups -OCH3 is 2. The number of nitrogens with zero attached hydrogens (tertiary/aromatic N) is 7. The molecule has 3 saturated heterocycles. The van der Waals surface area contributed by atoms with E-state index in [2.05, 4.69) is 35.1 Å². The van der Waals surface area contributed by atoms with Gasteiger partial charge in [-0.05, 0) is 107 Å². The van der Waals surface area contributed by atoms with E-state index in [1.54, 1.807) is 52.7 Å². The molecule has 480 valence electrons. The van der Waals surface area contributed by atoms with Crippen molar-refractivity contribution < 1.29 is 68.1 Å². The largest absolute Gasteiger partial charge is 0.459 e. The highest BCUT2D eigenvalue weighted by Gasteiger charge is 2.53. The number of nitrogens with two attached hydrogens (primary N) is 1. The number of hydrogen-bond donors (Lipinski definition) is 6. The van der Waals surface area contributed by atoms with Gasteiger partial charge < -0.3 is 65.0 Å². The fourth-order valence-corrected chi connectivity index (χ4v) is 12.6. The van der Waals surface area contributed by atoms with Crippen molar-refractivity contribution in [3.8, 4) is 0 Å². The molecule has 0 radical (unpaired) electrons. The number of Topliss-reactive ketones (excluding diaryl/α,β-unsaturated/α-hetero) is 3. The zero-order valence-corrected chi connectivity index (χ0v) is 52.2. The van der Waals surface area contributed by atoms with Crippen molar-refractivity contribution in [1.82, 2.24) is 30.2 Å². The molecule has 2 aromatic heterocycles. The predicted octanol–water partition coefficient (Wildman–Crippen LogP) is 5.16. The average molecular weight is 1210 g/mol. The minimum absolute atomic E-state index is 0.0672. The van der Waals surface area contributed by atoms with Crippen LogP contribution in [0.15, 0.2) is 72.4 Å². The first-order chi connectivity index (χ1) is 41.5. The number of anilines is 2. The maximum Gasteiger partial charge on any atom is 0.407 e. The van der Waals surface area contributed by atoms with E-state index in [9.17, 15) is 44.4 Å². The number of esters is 1. The van der Waals surface area contributed by atoms with Crippen molar-refractivity contribution in [3.63, 3.8) is 0 Å². The molecule has 5 aliphatic rings. The molecular weight excluding hydrogens is 1120 g/mol. The Kier molecular flexibility index (Phi) is 25.3. The van der Waals surface area contributed by atoms with Crippen LogP contribution in [-0.2, 0) is 49.4 Å². The number of carbonyl (C=O) groups excluding carboxylic acids is 5. The van der Waals surface area contributed by atoms with Crippen LogP contribution in [0.2, 0.25) is 0 Å². The van der Waals surface area contributed by atoms with Crippen LogP contribution in [0, 0.1) is 36.5 Å². The van der Waals surface area contributed by atoms with Crippen LogP contribution < -0.4 is 20.9 Å². The minimum atomic E-state index is -2.40. The van der Waals surface area contributed by atoms with Crippen molar-refractivity contribution in [2.75, 3.05) is 56.7 Å². The van der Waals surface area contributed by atoms with Crippen molar-refractivity contribution in [2.24, 2.45) is 35.3 Å². The van der Waals surface area contributed by atoms with Crippen LogP contribution in [0.5, 0.6) is 0 Å². The van der Waals surface area contributed by atoms with Crippen LogP contribution >= 0.6 is 0 Å². The molecular formula is C64H95N9O14. The third kappa shape index (κ3) is 18.4. The molecule has 4 fully saturated rings. The summed E-state index contributed by atoms with van der Waals surface area (Å²) in [5.41, 5.74) is 9.76. The Labute approximate surface area is 512 Å². The number of nitrogens with one attached hydrogen (secondary N) is 1. The number of aliphatic hydroxyl groups excluding tert-OH is 3. The Hall–Kier alpha value is -5.89. The van der Waals surface area contributed by atoms with E-state index >= 15 is 0 Å². The van der Waals surface area contributed by atoms with Gasteiger partial charge in [-0.2, -0.15) is 0 Å². The van der Waals surface area contributed by atoms with E-state index in [0.29, 0.717) is 101 Å². The lowest BCUT2D eigenvalue weighted by molar-refractivity contribution is -0.275. The zero-order chi connectivity index (χ0) is 63.1. The molecule has 0 aromatic carbocycles. The molecule has 2 aromatic rings. The third-order valence-electron chi connectivity index (χ3n) is 18.1. The summed E-state index contributed by atoms with van der Waals surface area (Å²) in [4.78, 5) is 93.7. The summed E-state index contributed by atoms with van der Waals surface area (Å²) in [6.07, 6.45) is 12.6. The van der Waals surface area contributed by atoms with Crippen LogP contribution in [-0.4, -0.2) is 188 Å². The van der Waals surface area contributed by atoms with Gasteiger partial charge in [0, 0.05) is 120 Å². The predicted molar refractivity (Wildman–Crippen MR) is 324 cm³/mol. The molecule has 1 amide bonds. The monoisotopic (exact) mass is 1210 g/mol. The molecule has 2 bridgehead atoms. The quantitative estimate of drug-likeness (QED) is 0.132. The first kappa shape index (κ1) is 68.6. The van der Waals surface area contributed by atoms with Gasteiger partial charge in [-0.3, -0.25) is 24.1 Å². The number of ketones is 3. The summed E-state index contributed by atoms with van der Waals surface area (Å²) in [5.74, 6) is -6.32. The van der Waals surface area contributed by atoms with Crippen molar-refractivity contribution in [2.45, 2.75) is 199 Å². The van der Waals surface area contributed by atoms with Gasteiger partial charge in [-0.1, -0.05) is 70.6 Å². The van der Waals surface area contributed by atoms with Crippen LogP contribution in [0.1, 0.15) is 130 Å². The van der Waals surface area contributed by atoms with Gasteiger partial charge in [-0.25, -0.2) is 24.7 Å². The van der Waals surface area contributed by atoms with Crippen LogP contribution in [0.4, 0.5) is 16.7 Å². The van der Waals surface area contributed by atoms with E-state index in [-0.39, 0.29) is 49.8 Å². The molecule has 6 heterocycles. The number of piperidine rings is 1. The maximum absolute atomic E-state index is 14.7. The van der Waals surface area contributed by atoms with E-state index in [1.807, 2.05) is 51.2 Å². The second kappa shape index (κ2) is 32.0. The molecule has 16 atom stereocenters. The number of hydrogen-bond acceptors (Lipinski definition) is 22. The van der Waals surface area contributed by atoms with Crippen LogP contribution in [0.3, 0.4) is 0 Å². The fourth-order valence-electron chi connectivity index (χ4n) is 12.6.